The summed E-state index contributed by atoms with van der Waals surface area (Å²) in [6.45, 7) is 18.2. The Morgan fingerprint density at radius 1 is 1.06 bits per heavy atom. The van der Waals surface area contributed by atoms with Gasteiger partial charge < -0.3 is 30.0 Å². The standard InChI is InChI=1S/C37H58N4O7S2Si/c1-10-47-35(49)50-26(19-21-30(42)24(2)48-51(8,9)36(3,4)5)18-20-27-31(43)40-37(6,7)34(46)39-28(23-25-15-12-11-13-16-25)33(45)41-22-14-17-29(41)32(44)38-27/h11-13,15-16,24,26-29H,10,14,17-23H2,1-9H3,(H,38,44)(H,39,46)(H,40,43)/t24-,26?,27-,28-,29-/m0/s1. The van der Waals surface area contributed by atoms with Crippen molar-refractivity contribution in [3.63, 3.8) is 0 Å². The van der Waals surface area contributed by atoms with Gasteiger partial charge in [-0.2, -0.15) is 0 Å². The van der Waals surface area contributed by atoms with Crippen molar-refractivity contribution in [1.29, 1.82) is 0 Å². The number of carbonyl (C=O) groups excluding carboxylic acids is 5. The van der Waals surface area contributed by atoms with Crippen LogP contribution in [0.2, 0.25) is 18.1 Å². The Kier molecular flexibility index (Phi) is 15.3. The third-order valence-electron chi connectivity index (χ3n) is 10.1. The first-order valence-electron chi connectivity index (χ1n) is 18.1. The highest BCUT2D eigenvalue weighted by atomic mass is 32.2. The summed E-state index contributed by atoms with van der Waals surface area (Å²) in [5.41, 5.74) is -0.531. The number of nitrogens with one attached hydrogen (secondary N) is 3. The van der Waals surface area contributed by atoms with E-state index in [2.05, 4.69) is 49.8 Å². The number of carbonyl (C=O) groups is 5. The molecule has 1 aromatic carbocycles. The summed E-state index contributed by atoms with van der Waals surface area (Å²) in [4.78, 5) is 70.1. The Morgan fingerprint density at radius 2 is 1.73 bits per heavy atom. The van der Waals surface area contributed by atoms with Crippen molar-refractivity contribution in [2.75, 3.05) is 13.2 Å². The maximum Gasteiger partial charge on any atom is 0.246 e. The fraction of sp³-hybridized carbons (Fsp3) is 0.676. The summed E-state index contributed by atoms with van der Waals surface area (Å²) < 4.78 is 12.2. The van der Waals surface area contributed by atoms with Crippen molar-refractivity contribution >= 4 is 66.1 Å². The van der Waals surface area contributed by atoms with Gasteiger partial charge in [-0.25, -0.2) is 0 Å². The summed E-state index contributed by atoms with van der Waals surface area (Å²) in [6.07, 6.45) is 2.11. The second-order valence-electron chi connectivity index (χ2n) is 15.6. The molecule has 0 aliphatic carbocycles. The molecule has 3 N–H and O–H groups in total. The number of Topliss-reactive ketones (excluding diaryl/α,β-unsaturated/α-hetero) is 1. The Labute approximate surface area is 314 Å². The van der Waals surface area contributed by atoms with Gasteiger partial charge in [0, 0.05) is 24.6 Å². The molecule has 1 unspecified atom stereocenters. The van der Waals surface area contributed by atoms with Crippen LogP contribution in [0.3, 0.4) is 0 Å². The highest BCUT2D eigenvalue weighted by molar-refractivity contribution is 8.23. The minimum Gasteiger partial charge on any atom is -0.479 e. The van der Waals surface area contributed by atoms with Crippen LogP contribution in [0.15, 0.2) is 30.3 Å². The first-order chi connectivity index (χ1) is 23.8. The summed E-state index contributed by atoms with van der Waals surface area (Å²) >= 11 is 6.78. The average Bonchev–Trinajstić information content (AvgIpc) is 3.54. The lowest BCUT2D eigenvalue weighted by Crippen LogP contribution is -2.64. The molecular weight excluding hydrogens is 705 g/mol. The number of ketones is 1. The van der Waals surface area contributed by atoms with Crippen LogP contribution >= 0.6 is 24.0 Å². The number of amides is 4. The lowest BCUT2D eigenvalue weighted by molar-refractivity contribution is -0.144. The Hall–Kier alpha value is -2.81. The quantitative estimate of drug-likeness (QED) is 0.186. The highest BCUT2D eigenvalue weighted by Crippen LogP contribution is 2.37. The number of rotatable bonds is 13. The Bertz CT molecular complexity index is 1420. The molecule has 1 aromatic rings. The summed E-state index contributed by atoms with van der Waals surface area (Å²) in [5, 5.41) is 8.39. The zero-order valence-corrected chi connectivity index (χ0v) is 34.4. The predicted molar refractivity (Wildman–Crippen MR) is 208 cm³/mol. The van der Waals surface area contributed by atoms with Crippen LogP contribution in [-0.2, 0) is 39.6 Å². The van der Waals surface area contributed by atoms with E-state index in [-0.39, 0.29) is 41.2 Å². The number of thiocarbonyl (C=S) groups is 1. The van der Waals surface area contributed by atoms with Crippen LogP contribution < -0.4 is 16.0 Å². The van der Waals surface area contributed by atoms with Gasteiger partial charge in [0.2, 0.25) is 28.0 Å². The van der Waals surface area contributed by atoms with Gasteiger partial charge >= 0.3 is 0 Å². The number of benzene rings is 1. The molecule has 4 amide bonds. The average molecular weight is 763 g/mol. The topological polar surface area (TPSA) is 143 Å². The maximum atomic E-state index is 13.9. The van der Waals surface area contributed by atoms with E-state index >= 15 is 0 Å². The van der Waals surface area contributed by atoms with Gasteiger partial charge in [-0.05, 0) is 95.7 Å². The van der Waals surface area contributed by atoms with Crippen LogP contribution in [0.4, 0.5) is 0 Å². The van der Waals surface area contributed by atoms with Crippen LogP contribution in [0, 0.1) is 0 Å². The van der Waals surface area contributed by atoms with Gasteiger partial charge in [-0.3, -0.25) is 24.0 Å². The van der Waals surface area contributed by atoms with Gasteiger partial charge in [0.25, 0.3) is 0 Å². The number of fused-ring (bicyclic) bond motifs is 1. The molecule has 0 bridgehead atoms. The molecule has 0 aromatic heterocycles. The van der Waals surface area contributed by atoms with E-state index in [1.807, 2.05) is 37.3 Å². The number of ether oxygens (including phenoxy) is 1. The zero-order valence-electron chi connectivity index (χ0n) is 31.8. The van der Waals surface area contributed by atoms with Crippen molar-refractivity contribution in [1.82, 2.24) is 20.9 Å². The highest BCUT2D eigenvalue weighted by Gasteiger charge is 2.43. The van der Waals surface area contributed by atoms with Crippen molar-refractivity contribution < 1.29 is 33.1 Å². The van der Waals surface area contributed by atoms with Gasteiger partial charge in [-0.1, -0.05) is 62.9 Å². The van der Waals surface area contributed by atoms with Gasteiger partial charge in [0.15, 0.2) is 14.1 Å². The van der Waals surface area contributed by atoms with Gasteiger partial charge in [-0.15, -0.1) is 0 Å². The second kappa shape index (κ2) is 18.3. The fourth-order valence-electron chi connectivity index (χ4n) is 5.97. The summed E-state index contributed by atoms with van der Waals surface area (Å²) in [7, 11) is -2.16. The minimum atomic E-state index is -2.16. The molecule has 2 saturated heterocycles. The van der Waals surface area contributed by atoms with Crippen LogP contribution in [0.25, 0.3) is 0 Å². The first kappa shape index (κ1) is 42.6. The number of nitrogens with zero attached hydrogens (tertiary/aromatic N) is 1. The first-order valence-corrected chi connectivity index (χ1v) is 22.3. The second-order valence-corrected chi connectivity index (χ2v) is 22.3. The Morgan fingerprint density at radius 3 is 2.35 bits per heavy atom. The molecule has 2 aliphatic rings. The molecule has 0 radical (unpaired) electrons. The molecule has 0 spiro atoms. The van der Waals surface area contributed by atoms with E-state index in [0.717, 1.165) is 5.56 Å². The zero-order chi connectivity index (χ0) is 38.1. The lowest BCUT2D eigenvalue weighted by Gasteiger charge is -2.38. The SMILES string of the molecule is CCOC(=S)SC(CCC(=O)[C@H](C)O[Si](C)(C)C(C)(C)C)CC[C@@H]1NC(=O)[C@@H]2CCCN2C(=O)[C@H](Cc2ccccc2)NC(=O)C(C)(C)NC1=O. The number of hydrogen-bond acceptors (Lipinski definition) is 9. The van der Waals surface area contributed by atoms with Crippen LogP contribution in [0.1, 0.15) is 92.6 Å². The minimum absolute atomic E-state index is 0.00544. The van der Waals surface area contributed by atoms with Crippen LogP contribution in [0.5, 0.6) is 0 Å². The van der Waals surface area contributed by atoms with Crippen molar-refractivity contribution in [3.8, 4) is 0 Å². The normalized spacial score (nSPS) is 22.8. The molecule has 0 saturated carbocycles. The molecule has 11 nitrogen and oxygen atoms in total. The molecule has 2 aliphatic heterocycles. The van der Waals surface area contributed by atoms with Crippen molar-refractivity contribution in [3.05, 3.63) is 35.9 Å². The predicted octanol–water partition coefficient (Wildman–Crippen LogP) is 5.06. The molecule has 2 heterocycles. The molecule has 5 atom stereocenters. The molecular formula is C37H58N4O7S2Si. The molecule has 284 valence electrons. The number of thioether (sulfide) groups is 1. The third-order valence-corrected chi connectivity index (χ3v) is 16.2. The van der Waals surface area contributed by atoms with E-state index in [9.17, 15) is 24.0 Å². The van der Waals surface area contributed by atoms with Gasteiger partial charge in [0.1, 0.15) is 29.8 Å². The monoisotopic (exact) mass is 762 g/mol. The lowest BCUT2D eigenvalue weighted by atomic mass is 9.98. The van der Waals surface area contributed by atoms with E-state index in [1.54, 1.807) is 20.8 Å². The maximum absolute atomic E-state index is 13.9. The van der Waals surface area contributed by atoms with Gasteiger partial charge in [0.05, 0.1) is 6.61 Å². The summed E-state index contributed by atoms with van der Waals surface area (Å²) in [5.74, 6) is -1.77. The molecule has 3 rings (SSSR count). The molecule has 2 fully saturated rings. The smallest absolute Gasteiger partial charge is 0.246 e. The van der Waals surface area contributed by atoms with E-state index in [4.69, 9.17) is 21.4 Å². The Balaban J connectivity index is 1.81. The number of hydrogen-bond donors (Lipinski definition) is 3. The molecule has 51 heavy (non-hydrogen) atoms. The summed E-state index contributed by atoms with van der Waals surface area (Å²) in [6, 6.07) is 6.69. The van der Waals surface area contributed by atoms with Crippen molar-refractivity contribution in [2.24, 2.45) is 0 Å². The largest absolute Gasteiger partial charge is 0.479 e. The third kappa shape index (κ3) is 12.1. The van der Waals surface area contributed by atoms with E-state index in [0.29, 0.717) is 43.2 Å². The van der Waals surface area contributed by atoms with Crippen LogP contribution in [-0.4, -0.2) is 95.2 Å². The van der Waals surface area contributed by atoms with E-state index in [1.165, 1.54) is 16.7 Å². The van der Waals surface area contributed by atoms with E-state index < -0.39 is 55.8 Å². The fourth-order valence-corrected chi connectivity index (χ4v) is 8.82. The van der Waals surface area contributed by atoms with Crippen molar-refractivity contribution in [2.45, 2.75) is 147 Å². The molecule has 14 heteroatoms.